The van der Waals surface area contributed by atoms with Crippen molar-refractivity contribution in [2.24, 2.45) is 17.8 Å². The average Bonchev–Trinajstić information content (AvgIpc) is 2.01. The average molecular weight is 196 g/mol. The van der Waals surface area contributed by atoms with E-state index in [1.165, 1.54) is 0 Å². The Hall–Kier alpha value is -0.790. The molecular formula is C12H20O2. The van der Waals surface area contributed by atoms with E-state index < -0.39 is 5.97 Å². The van der Waals surface area contributed by atoms with Crippen LogP contribution in [0.15, 0.2) is 12.2 Å². The molecule has 0 radical (unpaired) electrons. The van der Waals surface area contributed by atoms with Crippen molar-refractivity contribution >= 4 is 5.97 Å². The van der Waals surface area contributed by atoms with Crippen LogP contribution in [0.5, 0.6) is 0 Å². The number of allylic oxidation sites excluding steroid dienone is 1. The van der Waals surface area contributed by atoms with E-state index in [1.54, 1.807) is 0 Å². The molecule has 3 atom stereocenters. The van der Waals surface area contributed by atoms with Crippen LogP contribution in [-0.4, -0.2) is 11.1 Å². The number of aliphatic carboxylic acids is 1. The lowest BCUT2D eigenvalue weighted by atomic mass is 9.72. The monoisotopic (exact) mass is 196 g/mol. The second-order valence-electron chi connectivity index (χ2n) is 4.78. The van der Waals surface area contributed by atoms with Crippen LogP contribution in [0.3, 0.4) is 0 Å². The first kappa shape index (κ1) is 11.3. The van der Waals surface area contributed by atoms with Crippen molar-refractivity contribution in [3.8, 4) is 0 Å². The molecule has 1 aliphatic carbocycles. The zero-order valence-electron chi connectivity index (χ0n) is 9.12. The molecule has 0 saturated heterocycles. The predicted octanol–water partition coefficient (Wildman–Crippen LogP) is 3.09. The van der Waals surface area contributed by atoms with Gasteiger partial charge in [-0.15, -0.1) is 6.58 Å². The molecule has 1 saturated carbocycles. The largest absolute Gasteiger partial charge is 0.481 e. The summed E-state index contributed by atoms with van der Waals surface area (Å²) in [7, 11) is 0. The maximum Gasteiger partial charge on any atom is 0.306 e. The molecule has 14 heavy (non-hydrogen) atoms. The molecule has 0 aromatic carbocycles. The highest BCUT2D eigenvalue weighted by Crippen LogP contribution is 2.37. The van der Waals surface area contributed by atoms with Gasteiger partial charge in [0.2, 0.25) is 0 Å². The van der Waals surface area contributed by atoms with Gasteiger partial charge in [-0.3, -0.25) is 4.79 Å². The quantitative estimate of drug-likeness (QED) is 0.704. The molecule has 1 aliphatic rings. The zero-order chi connectivity index (χ0) is 10.7. The maximum atomic E-state index is 11.0. The van der Waals surface area contributed by atoms with Crippen molar-refractivity contribution in [2.75, 3.05) is 0 Å². The lowest BCUT2D eigenvalue weighted by Crippen LogP contribution is -2.30. The van der Waals surface area contributed by atoms with Crippen molar-refractivity contribution in [1.29, 1.82) is 0 Å². The summed E-state index contributed by atoms with van der Waals surface area (Å²) in [5.41, 5.74) is 1.11. The van der Waals surface area contributed by atoms with E-state index in [2.05, 4.69) is 13.5 Å². The summed E-state index contributed by atoms with van der Waals surface area (Å²) in [5, 5.41) is 9.08. The predicted molar refractivity (Wildman–Crippen MR) is 57.1 cm³/mol. The molecule has 0 aromatic rings. The summed E-state index contributed by atoms with van der Waals surface area (Å²) in [5.74, 6) is 0.231. The van der Waals surface area contributed by atoms with Crippen molar-refractivity contribution in [3.05, 3.63) is 12.2 Å². The van der Waals surface area contributed by atoms with Crippen LogP contribution in [0.25, 0.3) is 0 Å². The summed E-state index contributed by atoms with van der Waals surface area (Å²) >= 11 is 0. The first-order valence-electron chi connectivity index (χ1n) is 5.38. The highest BCUT2D eigenvalue weighted by atomic mass is 16.4. The molecular weight excluding hydrogens is 176 g/mol. The third-order valence-electron chi connectivity index (χ3n) is 3.17. The Bertz CT molecular complexity index is 232. The van der Waals surface area contributed by atoms with Gasteiger partial charge in [-0.2, -0.15) is 0 Å². The number of hydrogen-bond donors (Lipinski definition) is 1. The molecule has 0 spiro atoms. The van der Waals surface area contributed by atoms with Crippen LogP contribution in [0.4, 0.5) is 0 Å². The molecule has 2 nitrogen and oxygen atoms in total. The first-order chi connectivity index (χ1) is 6.50. The zero-order valence-corrected chi connectivity index (χ0v) is 9.12. The number of hydrogen-bond acceptors (Lipinski definition) is 1. The molecule has 1 rings (SSSR count). The number of carbonyl (C=O) groups is 1. The summed E-state index contributed by atoms with van der Waals surface area (Å²) in [6, 6.07) is 0. The SMILES string of the molecule is C=C(C)CC1CC(C)CCC1C(=O)O. The van der Waals surface area contributed by atoms with E-state index in [-0.39, 0.29) is 5.92 Å². The minimum Gasteiger partial charge on any atom is -0.481 e. The van der Waals surface area contributed by atoms with Gasteiger partial charge < -0.3 is 5.11 Å². The van der Waals surface area contributed by atoms with E-state index in [0.717, 1.165) is 31.3 Å². The van der Waals surface area contributed by atoms with Crippen LogP contribution in [-0.2, 0) is 4.79 Å². The Balaban J connectivity index is 2.63. The van der Waals surface area contributed by atoms with Crippen molar-refractivity contribution in [1.82, 2.24) is 0 Å². The Morgan fingerprint density at radius 1 is 1.50 bits per heavy atom. The van der Waals surface area contributed by atoms with Gasteiger partial charge in [0.25, 0.3) is 0 Å². The van der Waals surface area contributed by atoms with Crippen LogP contribution >= 0.6 is 0 Å². The topological polar surface area (TPSA) is 37.3 Å². The van der Waals surface area contributed by atoms with Crippen molar-refractivity contribution < 1.29 is 9.90 Å². The molecule has 0 aromatic heterocycles. The molecule has 80 valence electrons. The van der Waals surface area contributed by atoms with Gasteiger partial charge in [0, 0.05) is 0 Å². The van der Waals surface area contributed by atoms with E-state index in [9.17, 15) is 4.79 Å². The maximum absolute atomic E-state index is 11.0. The molecule has 1 N–H and O–H groups in total. The molecule has 1 fully saturated rings. The second kappa shape index (κ2) is 4.63. The van der Waals surface area contributed by atoms with E-state index in [4.69, 9.17) is 5.11 Å². The molecule has 0 aliphatic heterocycles. The summed E-state index contributed by atoms with van der Waals surface area (Å²) in [6.45, 7) is 8.07. The molecule has 0 bridgehead atoms. The number of carboxylic acid groups (broad SMARTS) is 1. The smallest absolute Gasteiger partial charge is 0.306 e. The van der Waals surface area contributed by atoms with Crippen LogP contribution in [0.2, 0.25) is 0 Å². The van der Waals surface area contributed by atoms with Crippen LogP contribution < -0.4 is 0 Å². The molecule has 2 heteroatoms. The fourth-order valence-corrected chi connectivity index (χ4v) is 2.50. The van der Waals surface area contributed by atoms with Crippen LogP contribution in [0.1, 0.15) is 39.5 Å². The fraction of sp³-hybridized carbons (Fsp3) is 0.750. The Labute approximate surface area is 86.0 Å². The van der Waals surface area contributed by atoms with E-state index in [0.29, 0.717) is 11.8 Å². The highest BCUT2D eigenvalue weighted by Gasteiger charge is 2.33. The lowest BCUT2D eigenvalue weighted by molar-refractivity contribution is -0.145. The summed E-state index contributed by atoms with van der Waals surface area (Å²) < 4.78 is 0. The standard InChI is InChI=1S/C12H20O2/c1-8(2)6-10-7-9(3)4-5-11(10)12(13)14/h9-11H,1,4-7H2,2-3H3,(H,13,14). The normalized spacial score (nSPS) is 32.6. The summed E-state index contributed by atoms with van der Waals surface area (Å²) in [4.78, 5) is 11.0. The Kier molecular flexibility index (Phi) is 3.73. The molecule has 3 unspecified atom stereocenters. The van der Waals surface area contributed by atoms with Crippen molar-refractivity contribution in [2.45, 2.75) is 39.5 Å². The highest BCUT2D eigenvalue weighted by molar-refractivity contribution is 5.70. The first-order valence-corrected chi connectivity index (χ1v) is 5.38. The van der Waals surface area contributed by atoms with Gasteiger partial charge >= 0.3 is 5.97 Å². The molecule has 0 heterocycles. The number of carboxylic acids is 1. The lowest BCUT2D eigenvalue weighted by Gasteiger charge is -2.32. The third kappa shape index (κ3) is 2.86. The second-order valence-corrected chi connectivity index (χ2v) is 4.78. The summed E-state index contributed by atoms with van der Waals surface area (Å²) in [6.07, 6.45) is 3.82. The third-order valence-corrected chi connectivity index (χ3v) is 3.17. The Morgan fingerprint density at radius 2 is 2.14 bits per heavy atom. The fourth-order valence-electron chi connectivity index (χ4n) is 2.50. The van der Waals surface area contributed by atoms with Gasteiger partial charge in [0.15, 0.2) is 0 Å². The van der Waals surface area contributed by atoms with Gasteiger partial charge in [-0.1, -0.05) is 12.5 Å². The van der Waals surface area contributed by atoms with Crippen molar-refractivity contribution in [3.63, 3.8) is 0 Å². The van der Waals surface area contributed by atoms with Gasteiger partial charge in [-0.25, -0.2) is 0 Å². The van der Waals surface area contributed by atoms with Gasteiger partial charge in [0.05, 0.1) is 5.92 Å². The minimum atomic E-state index is -0.622. The number of rotatable bonds is 3. The van der Waals surface area contributed by atoms with E-state index in [1.807, 2.05) is 6.92 Å². The Morgan fingerprint density at radius 3 is 2.64 bits per heavy atom. The molecule has 0 amide bonds. The van der Waals surface area contributed by atoms with Gasteiger partial charge in [0.1, 0.15) is 0 Å². The van der Waals surface area contributed by atoms with E-state index >= 15 is 0 Å². The van der Waals surface area contributed by atoms with Crippen LogP contribution in [0, 0.1) is 17.8 Å². The van der Waals surface area contributed by atoms with Gasteiger partial charge in [-0.05, 0) is 44.4 Å². The minimum absolute atomic E-state index is 0.136.